The first-order valence-corrected chi connectivity index (χ1v) is 4.97. The fourth-order valence-corrected chi connectivity index (χ4v) is 1.52. The molecule has 0 rings (SSSR count). The maximum atomic E-state index is 9.01. The van der Waals surface area contributed by atoms with Gasteiger partial charge in [0.15, 0.2) is 6.29 Å². The van der Waals surface area contributed by atoms with Crippen molar-refractivity contribution < 1.29 is 9.84 Å². The van der Waals surface area contributed by atoms with Crippen molar-refractivity contribution in [3.05, 3.63) is 0 Å². The first kappa shape index (κ1) is 12.9. The average Bonchev–Trinajstić information content (AvgIpc) is 1.98. The molecule has 3 atom stereocenters. The molecule has 0 aliphatic heterocycles. The van der Waals surface area contributed by atoms with Crippen molar-refractivity contribution in [2.45, 2.75) is 52.0 Å². The quantitative estimate of drug-likeness (QED) is 0.642. The first-order valence-electron chi connectivity index (χ1n) is 4.97. The van der Waals surface area contributed by atoms with Crippen LogP contribution in [-0.2, 0) is 4.74 Å². The summed E-state index contributed by atoms with van der Waals surface area (Å²) >= 11 is 0. The van der Waals surface area contributed by atoms with Crippen molar-refractivity contribution in [3.8, 4) is 0 Å². The maximum Gasteiger partial charge on any atom is 0.152 e. The van der Waals surface area contributed by atoms with E-state index >= 15 is 0 Å². The summed E-state index contributed by atoms with van der Waals surface area (Å²) in [6.45, 7) is 5.81. The molecule has 1 N–H and O–H groups in total. The molecule has 0 aromatic rings. The van der Waals surface area contributed by atoms with Gasteiger partial charge in [-0.05, 0) is 40.8 Å². The Kier molecular flexibility index (Phi) is 6.29. The number of nitrogens with zero attached hydrogens (tertiary/aromatic N) is 1. The molecule has 0 amide bonds. The third-order valence-electron chi connectivity index (χ3n) is 2.23. The van der Waals surface area contributed by atoms with Gasteiger partial charge >= 0.3 is 0 Å². The van der Waals surface area contributed by atoms with Gasteiger partial charge in [-0.15, -0.1) is 0 Å². The Labute approximate surface area is 81.7 Å². The van der Waals surface area contributed by atoms with Gasteiger partial charge in [-0.3, -0.25) is 0 Å². The van der Waals surface area contributed by atoms with E-state index in [1.54, 1.807) is 6.92 Å². The molecule has 0 aliphatic rings. The summed E-state index contributed by atoms with van der Waals surface area (Å²) in [6, 6.07) is 0.536. The van der Waals surface area contributed by atoms with Crippen molar-refractivity contribution >= 4 is 0 Å². The number of aliphatic hydroxyl groups is 1. The van der Waals surface area contributed by atoms with E-state index in [1.165, 1.54) is 0 Å². The normalized spacial score (nSPS) is 18.7. The highest BCUT2D eigenvalue weighted by molar-refractivity contribution is 4.67. The van der Waals surface area contributed by atoms with E-state index in [0.717, 1.165) is 12.8 Å². The van der Waals surface area contributed by atoms with Crippen LogP contribution in [0.2, 0.25) is 0 Å². The van der Waals surface area contributed by atoms with Crippen molar-refractivity contribution in [2.75, 3.05) is 14.1 Å². The molecule has 0 fully saturated rings. The molecule has 0 heterocycles. The van der Waals surface area contributed by atoms with Crippen LogP contribution < -0.4 is 0 Å². The van der Waals surface area contributed by atoms with E-state index in [4.69, 9.17) is 9.84 Å². The van der Waals surface area contributed by atoms with E-state index in [-0.39, 0.29) is 6.10 Å². The van der Waals surface area contributed by atoms with Gasteiger partial charge in [0.1, 0.15) is 0 Å². The highest BCUT2D eigenvalue weighted by Gasteiger charge is 2.14. The lowest BCUT2D eigenvalue weighted by Crippen LogP contribution is -2.32. The number of hydrogen-bond acceptors (Lipinski definition) is 3. The molecule has 0 aliphatic carbocycles. The molecule has 0 aromatic carbocycles. The number of rotatable bonds is 6. The molecule has 0 spiro atoms. The highest BCUT2D eigenvalue weighted by Crippen LogP contribution is 2.10. The summed E-state index contributed by atoms with van der Waals surface area (Å²) in [5.41, 5.74) is 0. The van der Waals surface area contributed by atoms with Crippen LogP contribution in [-0.4, -0.2) is 42.5 Å². The van der Waals surface area contributed by atoms with Gasteiger partial charge in [-0.2, -0.15) is 0 Å². The second-order valence-corrected chi connectivity index (χ2v) is 3.81. The van der Waals surface area contributed by atoms with Gasteiger partial charge < -0.3 is 14.7 Å². The average molecular weight is 189 g/mol. The minimum Gasteiger partial charge on any atom is -0.368 e. The van der Waals surface area contributed by atoms with Gasteiger partial charge in [-0.25, -0.2) is 0 Å². The number of aliphatic hydroxyl groups excluding tert-OH is 1. The van der Waals surface area contributed by atoms with Crippen molar-refractivity contribution in [3.63, 3.8) is 0 Å². The van der Waals surface area contributed by atoms with Crippen LogP contribution >= 0.6 is 0 Å². The molecule has 0 radical (unpaired) electrons. The Morgan fingerprint density at radius 3 is 2.15 bits per heavy atom. The van der Waals surface area contributed by atoms with Crippen LogP contribution in [0.5, 0.6) is 0 Å². The topological polar surface area (TPSA) is 32.7 Å². The van der Waals surface area contributed by atoms with Gasteiger partial charge in [0.25, 0.3) is 0 Å². The van der Waals surface area contributed by atoms with Crippen LogP contribution in [0.3, 0.4) is 0 Å². The fraction of sp³-hybridized carbons (Fsp3) is 1.00. The van der Waals surface area contributed by atoms with Crippen LogP contribution in [0.15, 0.2) is 0 Å². The summed E-state index contributed by atoms with van der Waals surface area (Å²) in [5, 5.41) is 9.01. The largest absolute Gasteiger partial charge is 0.368 e. The first-order chi connectivity index (χ1) is 5.97. The molecule has 80 valence electrons. The lowest BCUT2D eigenvalue weighted by atomic mass is 10.1. The van der Waals surface area contributed by atoms with Crippen LogP contribution in [0.1, 0.15) is 33.6 Å². The smallest absolute Gasteiger partial charge is 0.152 e. The Balaban J connectivity index is 3.79. The van der Waals surface area contributed by atoms with E-state index in [1.807, 2.05) is 6.92 Å². The summed E-state index contributed by atoms with van der Waals surface area (Å²) in [4.78, 5) is 2.20. The zero-order valence-corrected chi connectivity index (χ0v) is 9.45. The Hall–Kier alpha value is -0.120. The van der Waals surface area contributed by atoms with E-state index in [9.17, 15) is 0 Å². The summed E-state index contributed by atoms with van der Waals surface area (Å²) in [5.74, 6) is 0. The lowest BCUT2D eigenvalue weighted by molar-refractivity contribution is -0.123. The van der Waals surface area contributed by atoms with Gasteiger partial charge in [0, 0.05) is 6.04 Å². The molecule has 0 bridgehead atoms. The second kappa shape index (κ2) is 6.35. The van der Waals surface area contributed by atoms with Gasteiger partial charge in [0.05, 0.1) is 6.10 Å². The number of hydrogen-bond donors (Lipinski definition) is 1. The molecule has 0 aromatic heterocycles. The van der Waals surface area contributed by atoms with E-state index in [2.05, 4.69) is 25.9 Å². The highest BCUT2D eigenvalue weighted by atomic mass is 16.6. The third kappa shape index (κ3) is 6.02. The zero-order valence-electron chi connectivity index (χ0n) is 9.45. The van der Waals surface area contributed by atoms with Gasteiger partial charge in [0.2, 0.25) is 0 Å². The summed E-state index contributed by atoms with van der Waals surface area (Å²) in [6.07, 6.45) is 1.54. The molecule has 3 heteroatoms. The molecular formula is C10H23NO2. The minimum absolute atomic E-state index is 0.118. The SMILES string of the molecule is CCC(CC(C)OC(C)O)N(C)C. The van der Waals surface area contributed by atoms with Gasteiger partial charge in [-0.1, -0.05) is 6.92 Å². The number of ether oxygens (including phenoxy) is 1. The second-order valence-electron chi connectivity index (χ2n) is 3.81. The predicted octanol–water partition coefficient (Wildman–Crippen LogP) is 1.46. The fourth-order valence-electron chi connectivity index (χ4n) is 1.52. The minimum atomic E-state index is -0.658. The Morgan fingerprint density at radius 1 is 1.31 bits per heavy atom. The Morgan fingerprint density at radius 2 is 1.85 bits per heavy atom. The molecule has 3 nitrogen and oxygen atoms in total. The van der Waals surface area contributed by atoms with Crippen LogP contribution in [0, 0.1) is 0 Å². The molecule has 0 saturated heterocycles. The molecule has 3 unspecified atom stereocenters. The maximum absolute atomic E-state index is 9.01. The van der Waals surface area contributed by atoms with Crippen molar-refractivity contribution in [1.29, 1.82) is 0 Å². The summed E-state index contributed by atoms with van der Waals surface area (Å²) < 4.78 is 5.26. The van der Waals surface area contributed by atoms with E-state index < -0.39 is 6.29 Å². The lowest BCUT2D eigenvalue weighted by Gasteiger charge is -2.26. The van der Waals surface area contributed by atoms with Crippen LogP contribution in [0.25, 0.3) is 0 Å². The van der Waals surface area contributed by atoms with Crippen molar-refractivity contribution in [2.24, 2.45) is 0 Å². The standard InChI is InChI=1S/C10H23NO2/c1-6-10(11(4)5)7-8(2)13-9(3)12/h8-10,12H,6-7H2,1-5H3. The molecule has 0 saturated carbocycles. The van der Waals surface area contributed by atoms with Crippen LogP contribution in [0.4, 0.5) is 0 Å². The molecule has 13 heavy (non-hydrogen) atoms. The molecular weight excluding hydrogens is 166 g/mol. The van der Waals surface area contributed by atoms with E-state index in [0.29, 0.717) is 6.04 Å². The zero-order chi connectivity index (χ0) is 10.4. The summed E-state index contributed by atoms with van der Waals surface area (Å²) in [7, 11) is 4.15. The third-order valence-corrected chi connectivity index (χ3v) is 2.23. The predicted molar refractivity (Wildman–Crippen MR) is 54.6 cm³/mol. The van der Waals surface area contributed by atoms with Crippen molar-refractivity contribution in [1.82, 2.24) is 4.90 Å². The monoisotopic (exact) mass is 189 g/mol. The Bertz CT molecular complexity index is 126.